The first-order valence-corrected chi connectivity index (χ1v) is 5.47. The minimum atomic E-state index is -0.108. The molecule has 1 N–H and O–H groups in total. The number of aliphatic hydroxyl groups excluding tert-OH is 1. The number of unbranched alkanes of at least 4 members (excludes halogenated alkanes) is 1. The topological polar surface area (TPSA) is 46.5 Å². The fourth-order valence-corrected chi connectivity index (χ4v) is 1.13. The van der Waals surface area contributed by atoms with Gasteiger partial charge in [-0.25, -0.2) is 0 Å². The van der Waals surface area contributed by atoms with Gasteiger partial charge >= 0.3 is 5.97 Å². The summed E-state index contributed by atoms with van der Waals surface area (Å²) in [5, 5.41) is 8.66. The number of hydrogen-bond donors (Lipinski definition) is 1. The third-order valence-corrected chi connectivity index (χ3v) is 2.22. The van der Waals surface area contributed by atoms with Crippen LogP contribution in [0.4, 0.5) is 0 Å². The third kappa shape index (κ3) is 8.05. The Morgan fingerprint density at radius 2 is 2.14 bits per heavy atom. The Bertz CT molecular complexity index is 145. The average molecular weight is 202 g/mol. The van der Waals surface area contributed by atoms with E-state index in [0.29, 0.717) is 18.9 Å². The molecular weight excluding hydrogens is 180 g/mol. The molecule has 0 spiro atoms. The second-order valence-corrected chi connectivity index (χ2v) is 3.73. The Hall–Kier alpha value is -0.570. The molecule has 0 saturated carbocycles. The highest BCUT2D eigenvalue weighted by atomic mass is 16.5. The Balaban J connectivity index is 3.34. The SMILES string of the molecule is CCCCOC(=O)CCC(C)CCO. The highest BCUT2D eigenvalue weighted by Crippen LogP contribution is 2.10. The van der Waals surface area contributed by atoms with Crippen LogP contribution in [0.5, 0.6) is 0 Å². The van der Waals surface area contributed by atoms with Crippen LogP contribution in [-0.2, 0) is 9.53 Å². The van der Waals surface area contributed by atoms with Crippen molar-refractivity contribution in [2.24, 2.45) is 5.92 Å². The number of aliphatic hydroxyl groups is 1. The molecular formula is C11H22O3. The molecule has 0 aromatic rings. The van der Waals surface area contributed by atoms with Gasteiger partial charge in [-0.3, -0.25) is 4.79 Å². The number of carbonyl (C=O) groups excluding carboxylic acids is 1. The molecule has 1 unspecified atom stereocenters. The van der Waals surface area contributed by atoms with E-state index in [1.54, 1.807) is 0 Å². The highest BCUT2D eigenvalue weighted by Gasteiger charge is 2.06. The van der Waals surface area contributed by atoms with Crippen LogP contribution in [0.25, 0.3) is 0 Å². The van der Waals surface area contributed by atoms with E-state index in [1.165, 1.54) is 0 Å². The van der Waals surface area contributed by atoms with E-state index in [4.69, 9.17) is 9.84 Å². The predicted molar refractivity (Wildman–Crippen MR) is 56.0 cm³/mol. The van der Waals surface area contributed by atoms with Crippen LogP contribution in [0, 0.1) is 5.92 Å². The minimum absolute atomic E-state index is 0.108. The van der Waals surface area contributed by atoms with Crippen LogP contribution < -0.4 is 0 Å². The fraction of sp³-hybridized carbons (Fsp3) is 0.909. The van der Waals surface area contributed by atoms with Gasteiger partial charge in [-0.15, -0.1) is 0 Å². The lowest BCUT2D eigenvalue weighted by molar-refractivity contribution is -0.144. The van der Waals surface area contributed by atoms with Gasteiger partial charge in [-0.2, -0.15) is 0 Å². The molecule has 0 aliphatic heterocycles. The van der Waals surface area contributed by atoms with E-state index in [2.05, 4.69) is 6.92 Å². The maximum atomic E-state index is 11.1. The summed E-state index contributed by atoms with van der Waals surface area (Å²) in [5.41, 5.74) is 0. The molecule has 0 bridgehead atoms. The summed E-state index contributed by atoms with van der Waals surface area (Å²) in [6.45, 7) is 4.85. The lowest BCUT2D eigenvalue weighted by atomic mass is 10.0. The van der Waals surface area contributed by atoms with Gasteiger partial charge in [0.1, 0.15) is 0 Å². The first kappa shape index (κ1) is 13.4. The smallest absolute Gasteiger partial charge is 0.305 e. The van der Waals surface area contributed by atoms with Crippen molar-refractivity contribution in [2.75, 3.05) is 13.2 Å². The van der Waals surface area contributed by atoms with Gasteiger partial charge in [-0.1, -0.05) is 20.3 Å². The molecule has 0 aliphatic rings. The van der Waals surface area contributed by atoms with Crippen molar-refractivity contribution in [3.05, 3.63) is 0 Å². The van der Waals surface area contributed by atoms with Crippen molar-refractivity contribution >= 4 is 5.97 Å². The van der Waals surface area contributed by atoms with Crippen LogP contribution in [0.3, 0.4) is 0 Å². The first-order chi connectivity index (χ1) is 6.70. The molecule has 1 atom stereocenters. The lowest BCUT2D eigenvalue weighted by Crippen LogP contribution is -2.08. The molecule has 0 aliphatic carbocycles. The van der Waals surface area contributed by atoms with Crippen LogP contribution in [-0.4, -0.2) is 24.3 Å². The Kier molecular flexibility index (Phi) is 8.64. The maximum absolute atomic E-state index is 11.1. The van der Waals surface area contributed by atoms with Crippen molar-refractivity contribution in [1.82, 2.24) is 0 Å². The van der Waals surface area contributed by atoms with Crippen LogP contribution in [0.15, 0.2) is 0 Å². The molecule has 14 heavy (non-hydrogen) atoms. The highest BCUT2D eigenvalue weighted by molar-refractivity contribution is 5.69. The fourth-order valence-electron chi connectivity index (χ4n) is 1.13. The maximum Gasteiger partial charge on any atom is 0.305 e. The monoisotopic (exact) mass is 202 g/mol. The van der Waals surface area contributed by atoms with Crippen LogP contribution in [0.2, 0.25) is 0 Å². The summed E-state index contributed by atoms with van der Waals surface area (Å²) < 4.78 is 5.01. The standard InChI is InChI=1S/C11H22O3/c1-3-4-9-14-11(13)6-5-10(2)7-8-12/h10,12H,3-9H2,1-2H3. The van der Waals surface area contributed by atoms with Crippen molar-refractivity contribution in [3.8, 4) is 0 Å². The van der Waals surface area contributed by atoms with Gasteiger partial charge in [0.25, 0.3) is 0 Å². The van der Waals surface area contributed by atoms with E-state index < -0.39 is 0 Å². The van der Waals surface area contributed by atoms with Gasteiger partial charge in [0.15, 0.2) is 0 Å². The number of esters is 1. The summed E-state index contributed by atoms with van der Waals surface area (Å²) in [6, 6.07) is 0. The summed E-state index contributed by atoms with van der Waals surface area (Å²) in [7, 11) is 0. The Morgan fingerprint density at radius 1 is 1.43 bits per heavy atom. The van der Waals surface area contributed by atoms with Gasteiger partial charge in [0, 0.05) is 13.0 Å². The van der Waals surface area contributed by atoms with Crippen molar-refractivity contribution < 1.29 is 14.6 Å². The number of carbonyl (C=O) groups is 1. The summed E-state index contributed by atoms with van der Waals surface area (Å²) >= 11 is 0. The summed E-state index contributed by atoms with van der Waals surface area (Å²) in [6.07, 6.45) is 4.05. The summed E-state index contributed by atoms with van der Waals surface area (Å²) in [5.74, 6) is 0.293. The molecule has 0 amide bonds. The van der Waals surface area contributed by atoms with Crippen molar-refractivity contribution in [3.63, 3.8) is 0 Å². The quantitative estimate of drug-likeness (QED) is 0.484. The van der Waals surface area contributed by atoms with Crippen molar-refractivity contribution in [2.45, 2.75) is 46.0 Å². The average Bonchev–Trinajstić information content (AvgIpc) is 2.16. The van der Waals surface area contributed by atoms with E-state index >= 15 is 0 Å². The zero-order valence-corrected chi connectivity index (χ0v) is 9.29. The number of hydrogen-bond acceptors (Lipinski definition) is 3. The predicted octanol–water partition coefficient (Wildman–Crippen LogP) is 2.13. The van der Waals surface area contributed by atoms with E-state index in [-0.39, 0.29) is 12.6 Å². The van der Waals surface area contributed by atoms with E-state index in [0.717, 1.165) is 25.7 Å². The summed E-state index contributed by atoms with van der Waals surface area (Å²) in [4.78, 5) is 11.1. The molecule has 84 valence electrons. The molecule has 0 heterocycles. The van der Waals surface area contributed by atoms with Crippen LogP contribution >= 0.6 is 0 Å². The van der Waals surface area contributed by atoms with E-state index in [1.807, 2.05) is 6.92 Å². The minimum Gasteiger partial charge on any atom is -0.466 e. The normalized spacial score (nSPS) is 12.5. The Labute approximate surface area is 86.5 Å². The second-order valence-electron chi connectivity index (χ2n) is 3.73. The third-order valence-electron chi connectivity index (χ3n) is 2.22. The molecule has 0 rings (SSSR count). The zero-order chi connectivity index (χ0) is 10.8. The molecule has 0 saturated heterocycles. The lowest BCUT2D eigenvalue weighted by Gasteiger charge is -2.08. The molecule has 0 fully saturated rings. The number of rotatable bonds is 8. The number of ether oxygens (including phenoxy) is 1. The molecule has 3 heteroatoms. The molecule has 0 aromatic carbocycles. The van der Waals surface area contributed by atoms with Gasteiger partial charge in [-0.05, 0) is 25.2 Å². The van der Waals surface area contributed by atoms with Gasteiger partial charge < -0.3 is 9.84 Å². The van der Waals surface area contributed by atoms with Crippen LogP contribution in [0.1, 0.15) is 46.0 Å². The van der Waals surface area contributed by atoms with Gasteiger partial charge in [0.2, 0.25) is 0 Å². The molecule has 0 aromatic heterocycles. The Morgan fingerprint density at radius 3 is 2.71 bits per heavy atom. The second kappa shape index (κ2) is 9.00. The van der Waals surface area contributed by atoms with E-state index in [9.17, 15) is 4.79 Å². The molecule has 0 radical (unpaired) electrons. The van der Waals surface area contributed by atoms with Crippen molar-refractivity contribution in [1.29, 1.82) is 0 Å². The zero-order valence-electron chi connectivity index (χ0n) is 9.29. The van der Waals surface area contributed by atoms with Gasteiger partial charge in [0.05, 0.1) is 6.61 Å². The molecule has 3 nitrogen and oxygen atoms in total. The largest absolute Gasteiger partial charge is 0.466 e. The first-order valence-electron chi connectivity index (χ1n) is 5.47.